The molecular weight excluding hydrogens is 268 g/mol. The highest BCUT2D eigenvalue weighted by Crippen LogP contribution is 2.26. The number of hydrogen-bond acceptors (Lipinski definition) is 1. The second kappa shape index (κ2) is 10.2. The molecule has 1 heteroatoms. The fourth-order valence-corrected chi connectivity index (χ4v) is 2.72. The number of rotatable bonds is 10. The number of ether oxygens (including phenoxy) is 1. The van der Waals surface area contributed by atoms with Crippen molar-refractivity contribution in [3.63, 3.8) is 0 Å². The fourth-order valence-electron chi connectivity index (χ4n) is 2.72. The van der Waals surface area contributed by atoms with Crippen LogP contribution in [-0.2, 0) is 4.74 Å². The molecule has 22 heavy (non-hydrogen) atoms. The summed E-state index contributed by atoms with van der Waals surface area (Å²) in [5, 5.41) is 0. The van der Waals surface area contributed by atoms with Crippen LogP contribution in [0.1, 0.15) is 62.7 Å². The molecule has 2 aromatic rings. The topological polar surface area (TPSA) is 9.23 Å². The van der Waals surface area contributed by atoms with Crippen molar-refractivity contribution in [3.05, 3.63) is 71.8 Å². The molecule has 0 amide bonds. The second-order valence-electron chi connectivity index (χ2n) is 5.84. The van der Waals surface area contributed by atoms with Gasteiger partial charge >= 0.3 is 0 Å². The molecule has 0 saturated carbocycles. The zero-order valence-corrected chi connectivity index (χ0v) is 13.7. The Bertz CT molecular complexity index is 452. The first-order chi connectivity index (χ1) is 10.9. The molecule has 0 spiro atoms. The molecule has 0 radical (unpaired) electrons. The van der Waals surface area contributed by atoms with E-state index in [-0.39, 0.29) is 6.10 Å². The average Bonchev–Trinajstić information content (AvgIpc) is 2.59. The Morgan fingerprint density at radius 3 is 1.73 bits per heavy atom. The van der Waals surface area contributed by atoms with Crippen LogP contribution >= 0.6 is 0 Å². The molecule has 1 nitrogen and oxygen atoms in total. The highest BCUT2D eigenvalue weighted by atomic mass is 16.5. The minimum absolute atomic E-state index is 0.0537. The molecule has 0 heterocycles. The highest BCUT2D eigenvalue weighted by molar-refractivity contribution is 5.29. The number of benzene rings is 2. The lowest BCUT2D eigenvalue weighted by Gasteiger charge is -2.19. The van der Waals surface area contributed by atoms with Crippen molar-refractivity contribution >= 4 is 0 Å². The van der Waals surface area contributed by atoms with Gasteiger partial charge < -0.3 is 4.74 Å². The molecule has 2 aromatic carbocycles. The Balaban J connectivity index is 1.87. The second-order valence-corrected chi connectivity index (χ2v) is 5.84. The number of unbranched alkanes of at least 4 members (excludes halogenated alkanes) is 5. The summed E-state index contributed by atoms with van der Waals surface area (Å²) in [5.74, 6) is 0. The molecular formula is C21H28O. The predicted molar refractivity (Wildman–Crippen MR) is 94.1 cm³/mol. The van der Waals surface area contributed by atoms with Gasteiger partial charge in [0.2, 0.25) is 0 Å². The van der Waals surface area contributed by atoms with Crippen LogP contribution in [0, 0.1) is 0 Å². The van der Waals surface area contributed by atoms with E-state index in [1.165, 1.54) is 43.2 Å². The van der Waals surface area contributed by atoms with Crippen LogP contribution in [0.2, 0.25) is 0 Å². The third kappa shape index (κ3) is 5.65. The van der Waals surface area contributed by atoms with Crippen LogP contribution in [0.3, 0.4) is 0 Å². The third-order valence-electron chi connectivity index (χ3n) is 3.99. The van der Waals surface area contributed by atoms with Crippen molar-refractivity contribution in [3.8, 4) is 0 Å². The third-order valence-corrected chi connectivity index (χ3v) is 3.99. The summed E-state index contributed by atoms with van der Waals surface area (Å²) in [5.41, 5.74) is 2.47. The van der Waals surface area contributed by atoms with E-state index < -0.39 is 0 Å². The van der Waals surface area contributed by atoms with Gasteiger partial charge in [0.25, 0.3) is 0 Å². The summed E-state index contributed by atoms with van der Waals surface area (Å²) in [6.07, 6.45) is 7.84. The van der Waals surface area contributed by atoms with E-state index in [4.69, 9.17) is 4.74 Å². The van der Waals surface area contributed by atoms with Crippen LogP contribution < -0.4 is 0 Å². The van der Waals surface area contributed by atoms with Crippen LogP contribution in [0.25, 0.3) is 0 Å². The first-order valence-electron chi connectivity index (χ1n) is 8.63. The monoisotopic (exact) mass is 296 g/mol. The van der Waals surface area contributed by atoms with Gasteiger partial charge in [-0.05, 0) is 17.5 Å². The summed E-state index contributed by atoms with van der Waals surface area (Å²) in [6.45, 7) is 3.09. The summed E-state index contributed by atoms with van der Waals surface area (Å²) in [4.78, 5) is 0. The highest BCUT2D eigenvalue weighted by Gasteiger charge is 2.13. The van der Waals surface area contributed by atoms with Gasteiger partial charge in [-0.25, -0.2) is 0 Å². The molecule has 118 valence electrons. The lowest BCUT2D eigenvalue weighted by atomic mass is 10.0. The van der Waals surface area contributed by atoms with Gasteiger partial charge in [-0.3, -0.25) is 0 Å². The molecule has 0 unspecified atom stereocenters. The molecule has 0 aliphatic carbocycles. The van der Waals surface area contributed by atoms with E-state index in [2.05, 4.69) is 67.6 Å². The zero-order chi connectivity index (χ0) is 15.5. The molecule has 0 saturated heterocycles. The standard InChI is InChI=1S/C21H28O/c1-2-3-4-5-6-13-18-22-21(19-14-9-7-10-15-19)20-16-11-8-12-17-20/h7-12,14-17,21H,2-6,13,18H2,1H3. The maximum Gasteiger partial charge on any atom is 0.108 e. The van der Waals surface area contributed by atoms with E-state index in [0.717, 1.165) is 13.0 Å². The van der Waals surface area contributed by atoms with Crippen LogP contribution in [0.4, 0.5) is 0 Å². The van der Waals surface area contributed by atoms with Crippen molar-refractivity contribution in [2.45, 2.75) is 51.6 Å². The maximum atomic E-state index is 6.22. The van der Waals surface area contributed by atoms with Crippen molar-refractivity contribution in [2.24, 2.45) is 0 Å². The van der Waals surface area contributed by atoms with Crippen molar-refractivity contribution in [1.82, 2.24) is 0 Å². The van der Waals surface area contributed by atoms with Gasteiger partial charge in [-0.2, -0.15) is 0 Å². The lowest BCUT2D eigenvalue weighted by Crippen LogP contribution is -2.07. The summed E-state index contributed by atoms with van der Waals surface area (Å²) in [7, 11) is 0. The average molecular weight is 296 g/mol. The van der Waals surface area contributed by atoms with Crippen molar-refractivity contribution in [2.75, 3.05) is 6.61 Å². The van der Waals surface area contributed by atoms with Gasteiger partial charge in [0.15, 0.2) is 0 Å². The largest absolute Gasteiger partial charge is 0.369 e. The Hall–Kier alpha value is -1.60. The zero-order valence-electron chi connectivity index (χ0n) is 13.7. The van der Waals surface area contributed by atoms with Crippen LogP contribution in [0.5, 0.6) is 0 Å². The first kappa shape index (κ1) is 16.8. The molecule has 0 aliphatic heterocycles. The quantitative estimate of drug-likeness (QED) is 0.477. The van der Waals surface area contributed by atoms with Crippen molar-refractivity contribution < 1.29 is 4.74 Å². The van der Waals surface area contributed by atoms with Gasteiger partial charge in [-0.1, -0.05) is 99.7 Å². The van der Waals surface area contributed by atoms with E-state index in [9.17, 15) is 0 Å². The van der Waals surface area contributed by atoms with Crippen LogP contribution in [-0.4, -0.2) is 6.61 Å². The molecule has 0 fully saturated rings. The maximum absolute atomic E-state index is 6.22. The van der Waals surface area contributed by atoms with Gasteiger partial charge in [0, 0.05) is 6.61 Å². The SMILES string of the molecule is CCCCCCCCOC(c1ccccc1)c1ccccc1. The Morgan fingerprint density at radius 2 is 1.18 bits per heavy atom. The van der Waals surface area contributed by atoms with E-state index in [0.29, 0.717) is 0 Å². The first-order valence-corrected chi connectivity index (χ1v) is 8.63. The van der Waals surface area contributed by atoms with E-state index in [1.54, 1.807) is 0 Å². The molecule has 0 N–H and O–H groups in total. The minimum atomic E-state index is 0.0537. The summed E-state index contributed by atoms with van der Waals surface area (Å²) < 4.78 is 6.22. The molecule has 0 aliphatic rings. The Kier molecular flexibility index (Phi) is 7.76. The summed E-state index contributed by atoms with van der Waals surface area (Å²) >= 11 is 0. The normalized spacial score (nSPS) is 11.0. The summed E-state index contributed by atoms with van der Waals surface area (Å²) in [6, 6.07) is 21.0. The molecule has 0 bridgehead atoms. The van der Waals surface area contributed by atoms with E-state index in [1.807, 2.05) is 0 Å². The minimum Gasteiger partial charge on any atom is -0.369 e. The Labute approximate surface area is 135 Å². The van der Waals surface area contributed by atoms with Crippen molar-refractivity contribution in [1.29, 1.82) is 0 Å². The van der Waals surface area contributed by atoms with E-state index >= 15 is 0 Å². The van der Waals surface area contributed by atoms with Crippen LogP contribution in [0.15, 0.2) is 60.7 Å². The smallest absolute Gasteiger partial charge is 0.108 e. The molecule has 2 rings (SSSR count). The predicted octanol–water partition coefficient (Wildman–Crippen LogP) is 6.15. The molecule has 0 aromatic heterocycles. The lowest BCUT2D eigenvalue weighted by molar-refractivity contribution is 0.0768. The molecule has 0 atom stereocenters. The Morgan fingerprint density at radius 1 is 0.682 bits per heavy atom. The van der Waals surface area contributed by atoms with Gasteiger partial charge in [0.1, 0.15) is 6.10 Å². The number of hydrogen-bond donors (Lipinski definition) is 0. The van der Waals surface area contributed by atoms with Gasteiger partial charge in [0.05, 0.1) is 0 Å². The van der Waals surface area contributed by atoms with Gasteiger partial charge in [-0.15, -0.1) is 0 Å². The fraction of sp³-hybridized carbons (Fsp3) is 0.429.